The van der Waals surface area contributed by atoms with Crippen LogP contribution in [-0.2, 0) is 4.74 Å². The lowest BCUT2D eigenvalue weighted by atomic mass is 9.88. The quantitative estimate of drug-likeness (QED) is 0.800. The molecular formula is C15H21NO2. The zero-order valence-electron chi connectivity index (χ0n) is 11.0. The average molecular weight is 247 g/mol. The van der Waals surface area contributed by atoms with Gasteiger partial charge < -0.3 is 14.4 Å². The zero-order valence-corrected chi connectivity index (χ0v) is 11.0. The largest absolute Gasteiger partial charge is 0.488 e. The van der Waals surface area contributed by atoms with Crippen LogP contribution in [0.25, 0.3) is 0 Å². The molecule has 1 aromatic rings. The highest BCUT2D eigenvalue weighted by Crippen LogP contribution is 2.36. The van der Waals surface area contributed by atoms with Crippen LogP contribution in [0.2, 0.25) is 0 Å². The number of benzene rings is 1. The van der Waals surface area contributed by atoms with Gasteiger partial charge >= 0.3 is 0 Å². The fourth-order valence-electron chi connectivity index (χ4n) is 2.94. The Balaban J connectivity index is 1.58. The molecule has 1 aromatic carbocycles. The predicted molar refractivity (Wildman–Crippen MR) is 70.9 cm³/mol. The second-order valence-electron chi connectivity index (χ2n) is 5.55. The summed E-state index contributed by atoms with van der Waals surface area (Å²) in [5.41, 5.74) is 0.0892. The Kier molecular flexibility index (Phi) is 3.27. The van der Waals surface area contributed by atoms with Gasteiger partial charge in [-0.3, -0.25) is 0 Å². The summed E-state index contributed by atoms with van der Waals surface area (Å²) in [6.45, 7) is 3.01. The second kappa shape index (κ2) is 4.90. The number of ether oxygens (including phenoxy) is 2. The van der Waals surface area contributed by atoms with Gasteiger partial charge in [0.25, 0.3) is 0 Å². The highest BCUT2D eigenvalue weighted by atomic mass is 16.6. The van der Waals surface area contributed by atoms with Crippen LogP contribution in [-0.4, -0.2) is 43.3 Å². The first-order valence-electron chi connectivity index (χ1n) is 6.80. The Labute approximate surface area is 109 Å². The third kappa shape index (κ3) is 2.52. The Bertz CT molecular complexity index is 385. The standard InChI is InChI=1S/C15H21NO2/c1-16-9-7-15(8-10-16)11-14(12-17-15)18-13-5-3-2-4-6-13/h2-6,14H,7-12H2,1H3. The Morgan fingerprint density at radius 1 is 1.22 bits per heavy atom. The lowest BCUT2D eigenvalue weighted by Crippen LogP contribution is -2.42. The molecule has 98 valence electrons. The molecule has 2 aliphatic rings. The molecule has 0 aliphatic carbocycles. The molecule has 0 radical (unpaired) electrons. The highest BCUT2D eigenvalue weighted by Gasteiger charge is 2.43. The van der Waals surface area contributed by atoms with Crippen LogP contribution in [0.1, 0.15) is 19.3 Å². The summed E-state index contributed by atoms with van der Waals surface area (Å²) in [5, 5.41) is 0. The summed E-state index contributed by atoms with van der Waals surface area (Å²) < 4.78 is 12.1. The molecule has 18 heavy (non-hydrogen) atoms. The molecule has 1 spiro atoms. The van der Waals surface area contributed by atoms with Crippen molar-refractivity contribution in [3.8, 4) is 5.75 Å². The summed E-state index contributed by atoms with van der Waals surface area (Å²) in [6, 6.07) is 10.1. The van der Waals surface area contributed by atoms with E-state index in [2.05, 4.69) is 11.9 Å². The van der Waals surface area contributed by atoms with E-state index in [9.17, 15) is 0 Å². The molecular weight excluding hydrogens is 226 g/mol. The molecule has 0 N–H and O–H groups in total. The smallest absolute Gasteiger partial charge is 0.125 e. The number of likely N-dealkylation sites (tertiary alicyclic amines) is 1. The van der Waals surface area contributed by atoms with Gasteiger partial charge in [-0.15, -0.1) is 0 Å². The minimum atomic E-state index is 0.0892. The van der Waals surface area contributed by atoms with E-state index in [0.717, 1.165) is 44.7 Å². The fourth-order valence-corrected chi connectivity index (χ4v) is 2.94. The van der Waals surface area contributed by atoms with Gasteiger partial charge in [0.2, 0.25) is 0 Å². The third-order valence-corrected chi connectivity index (χ3v) is 4.12. The van der Waals surface area contributed by atoms with E-state index in [4.69, 9.17) is 9.47 Å². The Morgan fingerprint density at radius 3 is 2.67 bits per heavy atom. The van der Waals surface area contributed by atoms with Crippen molar-refractivity contribution in [2.45, 2.75) is 31.0 Å². The lowest BCUT2D eigenvalue weighted by Gasteiger charge is -2.36. The molecule has 3 rings (SSSR count). The van der Waals surface area contributed by atoms with Crippen LogP contribution in [0.4, 0.5) is 0 Å². The van der Waals surface area contributed by atoms with Crippen LogP contribution >= 0.6 is 0 Å². The van der Waals surface area contributed by atoms with Crippen LogP contribution in [0, 0.1) is 0 Å². The summed E-state index contributed by atoms with van der Waals surface area (Å²) >= 11 is 0. The van der Waals surface area contributed by atoms with Crippen LogP contribution in [0.3, 0.4) is 0 Å². The number of rotatable bonds is 2. The van der Waals surface area contributed by atoms with E-state index >= 15 is 0 Å². The van der Waals surface area contributed by atoms with E-state index in [-0.39, 0.29) is 11.7 Å². The summed E-state index contributed by atoms with van der Waals surface area (Å²) in [7, 11) is 2.18. The summed E-state index contributed by atoms with van der Waals surface area (Å²) in [4.78, 5) is 2.37. The van der Waals surface area contributed by atoms with Crippen LogP contribution in [0.15, 0.2) is 30.3 Å². The van der Waals surface area contributed by atoms with Gasteiger partial charge in [0, 0.05) is 19.5 Å². The number of para-hydroxylation sites is 1. The Morgan fingerprint density at radius 2 is 1.94 bits per heavy atom. The maximum Gasteiger partial charge on any atom is 0.125 e. The fraction of sp³-hybridized carbons (Fsp3) is 0.600. The van der Waals surface area contributed by atoms with E-state index in [1.165, 1.54) is 0 Å². The number of hydrogen-bond donors (Lipinski definition) is 0. The maximum absolute atomic E-state index is 6.06. The summed E-state index contributed by atoms with van der Waals surface area (Å²) in [6.07, 6.45) is 3.53. The molecule has 2 aliphatic heterocycles. The molecule has 3 nitrogen and oxygen atoms in total. The number of piperidine rings is 1. The van der Waals surface area contributed by atoms with Gasteiger partial charge in [-0.2, -0.15) is 0 Å². The molecule has 1 unspecified atom stereocenters. The third-order valence-electron chi connectivity index (χ3n) is 4.12. The monoisotopic (exact) mass is 247 g/mol. The van der Waals surface area contributed by atoms with Crippen molar-refractivity contribution in [3.05, 3.63) is 30.3 Å². The van der Waals surface area contributed by atoms with Gasteiger partial charge in [-0.25, -0.2) is 0 Å². The predicted octanol–water partition coefficient (Wildman–Crippen LogP) is 2.32. The molecule has 0 bridgehead atoms. The second-order valence-corrected chi connectivity index (χ2v) is 5.55. The summed E-state index contributed by atoms with van der Waals surface area (Å²) in [5.74, 6) is 0.955. The highest BCUT2D eigenvalue weighted by molar-refractivity contribution is 5.21. The van der Waals surface area contributed by atoms with Crippen LogP contribution in [0.5, 0.6) is 5.75 Å². The normalized spacial score (nSPS) is 27.5. The lowest BCUT2D eigenvalue weighted by molar-refractivity contribution is -0.0399. The first-order valence-corrected chi connectivity index (χ1v) is 6.80. The molecule has 1 atom stereocenters. The van der Waals surface area contributed by atoms with Gasteiger partial charge in [0.05, 0.1) is 12.2 Å². The molecule has 0 saturated carbocycles. The molecule has 0 amide bonds. The van der Waals surface area contributed by atoms with Crippen molar-refractivity contribution in [1.29, 1.82) is 0 Å². The minimum Gasteiger partial charge on any atom is -0.488 e. The van der Waals surface area contributed by atoms with Gasteiger partial charge in [0.15, 0.2) is 0 Å². The van der Waals surface area contributed by atoms with Gasteiger partial charge in [-0.1, -0.05) is 18.2 Å². The van der Waals surface area contributed by atoms with Crippen molar-refractivity contribution in [1.82, 2.24) is 4.90 Å². The van der Waals surface area contributed by atoms with Crippen molar-refractivity contribution in [2.24, 2.45) is 0 Å². The van der Waals surface area contributed by atoms with E-state index < -0.39 is 0 Å². The van der Waals surface area contributed by atoms with Crippen molar-refractivity contribution >= 4 is 0 Å². The minimum absolute atomic E-state index is 0.0892. The van der Waals surface area contributed by atoms with E-state index in [1.807, 2.05) is 30.3 Å². The first-order chi connectivity index (χ1) is 8.76. The average Bonchev–Trinajstić information content (AvgIpc) is 2.78. The zero-order chi connectivity index (χ0) is 12.4. The van der Waals surface area contributed by atoms with Gasteiger partial charge in [0.1, 0.15) is 11.9 Å². The maximum atomic E-state index is 6.06. The molecule has 2 saturated heterocycles. The van der Waals surface area contributed by atoms with Crippen molar-refractivity contribution in [3.63, 3.8) is 0 Å². The molecule has 2 heterocycles. The van der Waals surface area contributed by atoms with Crippen molar-refractivity contribution < 1.29 is 9.47 Å². The van der Waals surface area contributed by atoms with E-state index in [1.54, 1.807) is 0 Å². The van der Waals surface area contributed by atoms with E-state index in [0.29, 0.717) is 0 Å². The Hall–Kier alpha value is -1.06. The first kappa shape index (κ1) is 12.0. The van der Waals surface area contributed by atoms with Gasteiger partial charge in [-0.05, 0) is 32.0 Å². The molecule has 3 heteroatoms. The number of hydrogen-bond acceptors (Lipinski definition) is 3. The van der Waals surface area contributed by atoms with Crippen LogP contribution < -0.4 is 4.74 Å². The SMILES string of the molecule is CN1CCC2(CC1)CC(Oc1ccccc1)CO2. The van der Waals surface area contributed by atoms with Crippen molar-refractivity contribution in [2.75, 3.05) is 26.7 Å². The topological polar surface area (TPSA) is 21.7 Å². The molecule has 0 aromatic heterocycles. The number of nitrogens with zero attached hydrogens (tertiary/aromatic N) is 1. The molecule has 2 fully saturated rings.